The monoisotopic (exact) mass is 406 g/mol. The van der Waals surface area contributed by atoms with E-state index in [1.54, 1.807) is 48.5 Å². The standard InChI is InChI=1S/C23H15ClO5/c1-14-8-10-18-16(13-14)21(26)23(22(28-18)19-7-4-12-27-19)29-20(25)11-9-15-5-2-3-6-17(15)24/h2-13H,1H3. The van der Waals surface area contributed by atoms with Crippen LogP contribution in [0.4, 0.5) is 0 Å². The molecule has 0 aliphatic carbocycles. The molecular weight excluding hydrogens is 392 g/mol. The van der Waals surface area contributed by atoms with E-state index < -0.39 is 11.4 Å². The van der Waals surface area contributed by atoms with Crippen LogP contribution >= 0.6 is 11.6 Å². The van der Waals surface area contributed by atoms with Crippen LogP contribution in [0.15, 0.2) is 80.6 Å². The number of furan rings is 1. The number of hydrogen-bond acceptors (Lipinski definition) is 5. The molecule has 29 heavy (non-hydrogen) atoms. The lowest BCUT2D eigenvalue weighted by Crippen LogP contribution is -2.14. The van der Waals surface area contributed by atoms with Gasteiger partial charge in [0, 0.05) is 11.1 Å². The van der Waals surface area contributed by atoms with Gasteiger partial charge in [0.2, 0.25) is 16.9 Å². The van der Waals surface area contributed by atoms with E-state index in [2.05, 4.69) is 0 Å². The number of benzene rings is 2. The number of aryl methyl sites for hydroxylation is 1. The minimum Gasteiger partial charge on any atom is -0.461 e. The molecule has 0 atom stereocenters. The van der Waals surface area contributed by atoms with Crippen LogP contribution in [0.5, 0.6) is 5.75 Å². The lowest BCUT2D eigenvalue weighted by atomic mass is 10.1. The first-order chi connectivity index (χ1) is 14.0. The van der Waals surface area contributed by atoms with Gasteiger partial charge in [0.25, 0.3) is 0 Å². The molecule has 144 valence electrons. The predicted molar refractivity (Wildman–Crippen MR) is 111 cm³/mol. The molecule has 4 aromatic rings. The van der Waals surface area contributed by atoms with E-state index in [-0.39, 0.29) is 17.3 Å². The highest BCUT2D eigenvalue weighted by molar-refractivity contribution is 6.32. The van der Waals surface area contributed by atoms with Gasteiger partial charge >= 0.3 is 5.97 Å². The van der Waals surface area contributed by atoms with Crippen LogP contribution < -0.4 is 10.2 Å². The molecule has 0 amide bonds. The Morgan fingerprint density at radius 2 is 1.93 bits per heavy atom. The number of fused-ring (bicyclic) bond motifs is 1. The first-order valence-electron chi connectivity index (χ1n) is 8.78. The molecule has 0 fully saturated rings. The summed E-state index contributed by atoms with van der Waals surface area (Å²) in [6, 6.07) is 15.5. The van der Waals surface area contributed by atoms with E-state index in [1.807, 2.05) is 13.0 Å². The summed E-state index contributed by atoms with van der Waals surface area (Å²) in [4.78, 5) is 25.4. The fourth-order valence-corrected chi connectivity index (χ4v) is 3.06. The summed E-state index contributed by atoms with van der Waals surface area (Å²) in [7, 11) is 0. The lowest BCUT2D eigenvalue weighted by molar-refractivity contribution is -0.129. The molecule has 0 aliphatic heterocycles. The van der Waals surface area contributed by atoms with Gasteiger partial charge in [-0.3, -0.25) is 4.79 Å². The van der Waals surface area contributed by atoms with E-state index in [0.29, 0.717) is 21.6 Å². The maximum atomic E-state index is 13.0. The summed E-state index contributed by atoms with van der Waals surface area (Å²) in [5, 5.41) is 0.812. The Labute approximate surface area is 170 Å². The van der Waals surface area contributed by atoms with Gasteiger partial charge in [-0.15, -0.1) is 0 Å². The number of ether oxygens (including phenoxy) is 1. The molecule has 4 rings (SSSR count). The molecule has 6 heteroatoms. The van der Waals surface area contributed by atoms with Crippen LogP contribution in [0.2, 0.25) is 5.02 Å². The van der Waals surface area contributed by atoms with Gasteiger partial charge in [0.15, 0.2) is 5.76 Å². The van der Waals surface area contributed by atoms with Crippen molar-refractivity contribution in [1.82, 2.24) is 0 Å². The Bertz CT molecular complexity index is 1280. The van der Waals surface area contributed by atoms with Crippen molar-refractivity contribution in [2.24, 2.45) is 0 Å². The van der Waals surface area contributed by atoms with Crippen molar-refractivity contribution in [2.45, 2.75) is 6.92 Å². The number of esters is 1. The van der Waals surface area contributed by atoms with Crippen LogP contribution in [0.3, 0.4) is 0 Å². The number of carbonyl (C=O) groups is 1. The normalized spacial score (nSPS) is 11.2. The van der Waals surface area contributed by atoms with Gasteiger partial charge in [-0.1, -0.05) is 41.4 Å². The molecule has 0 bridgehead atoms. The third kappa shape index (κ3) is 3.86. The number of halogens is 1. The molecule has 0 saturated carbocycles. The Kier molecular flexibility index (Phi) is 5.06. The first-order valence-corrected chi connectivity index (χ1v) is 9.16. The van der Waals surface area contributed by atoms with Crippen molar-refractivity contribution in [2.75, 3.05) is 0 Å². The Balaban J connectivity index is 1.76. The molecule has 0 N–H and O–H groups in total. The average Bonchev–Trinajstić information content (AvgIpc) is 3.24. The Morgan fingerprint density at radius 1 is 1.10 bits per heavy atom. The maximum Gasteiger partial charge on any atom is 0.336 e. The van der Waals surface area contributed by atoms with Crippen LogP contribution in [0.25, 0.3) is 28.6 Å². The van der Waals surface area contributed by atoms with E-state index in [9.17, 15) is 9.59 Å². The van der Waals surface area contributed by atoms with Gasteiger partial charge in [-0.25, -0.2) is 4.79 Å². The summed E-state index contributed by atoms with van der Waals surface area (Å²) in [5.41, 5.74) is 1.45. The van der Waals surface area contributed by atoms with E-state index in [4.69, 9.17) is 25.2 Å². The third-order valence-electron chi connectivity index (χ3n) is 4.26. The molecule has 0 unspecified atom stereocenters. The van der Waals surface area contributed by atoms with Crippen molar-refractivity contribution in [3.8, 4) is 17.3 Å². The van der Waals surface area contributed by atoms with Gasteiger partial charge in [0.05, 0.1) is 11.6 Å². The largest absolute Gasteiger partial charge is 0.461 e. The van der Waals surface area contributed by atoms with E-state index in [0.717, 1.165) is 5.56 Å². The minimum absolute atomic E-state index is 0.0517. The Hall–Kier alpha value is -3.57. The van der Waals surface area contributed by atoms with Gasteiger partial charge in [-0.05, 0) is 48.9 Å². The highest BCUT2D eigenvalue weighted by Gasteiger charge is 2.21. The van der Waals surface area contributed by atoms with E-state index >= 15 is 0 Å². The lowest BCUT2D eigenvalue weighted by Gasteiger charge is -2.08. The zero-order chi connectivity index (χ0) is 20.4. The second kappa shape index (κ2) is 7.81. The predicted octanol–water partition coefficient (Wildman–Crippen LogP) is 5.63. The smallest absolute Gasteiger partial charge is 0.336 e. The maximum absolute atomic E-state index is 13.0. The highest BCUT2D eigenvalue weighted by atomic mass is 35.5. The van der Waals surface area contributed by atoms with Crippen molar-refractivity contribution < 1.29 is 18.4 Å². The number of carbonyl (C=O) groups excluding carboxylic acids is 1. The first kappa shape index (κ1) is 18.8. The quantitative estimate of drug-likeness (QED) is 0.324. The third-order valence-corrected chi connectivity index (χ3v) is 4.60. The summed E-state index contributed by atoms with van der Waals surface area (Å²) >= 11 is 6.09. The fourth-order valence-electron chi connectivity index (χ4n) is 2.86. The molecule has 0 aliphatic rings. The summed E-state index contributed by atoms with van der Waals surface area (Å²) in [6.07, 6.45) is 4.16. The second-order valence-corrected chi connectivity index (χ2v) is 6.75. The fraction of sp³-hybridized carbons (Fsp3) is 0.0435. The second-order valence-electron chi connectivity index (χ2n) is 6.34. The van der Waals surface area contributed by atoms with E-state index in [1.165, 1.54) is 18.4 Å². The molecule has 0 spiro atoms. The van der Waals surface area contributed by atoms with Crippen molar-refractivity contribution in [1.29, 1.82) is 0 Å². The van der Waals surface area contributed by atoms with Crippen LogP contribution in [0.1, 0.15) is 11.1 Å². The molecule has 0 radical (unpaired) electrons. The summed E-state index contributed by atoms with van der Waals surface area (Å²) in [6.45, 7) is 1.86. The number of rotatable bonds is 4. The molecule has 2 aromatic heterocycles. The molecule has 2 aromatic carbocycles. The highest BCUT2D eigenvalue weighted by Crippen LogP contribution is 2.31. The summed E-state index contributed by atoms with van der Waals surface area (Å²) in [5.74, 6) is -0.637. The zero-order valence-electron chi connectivity index (χ0n) is 15.3. The van der Waals surface area contributed by atoms with Crippen molar-refractivity contribution in [3.63, 3.8) is 0 Å². The SMILES string of the molecule is Cc1ccc2oc(-c3ccco3)c(OC(=O)C=Cc3ccccc3Cl)c(=O)c2c1. The topological polar surface area (TPSA) is 69.7 Å². The molecular formula is C23H15ClO5. The Morgan fingerprint density at radius 3 is 2.69 bits per heavy atom. The van der Waals surface area contributed by atoms with Crippen LogP contribution in [-0.2, 0) is 4.79 Å². The average molecular weight is 407 g/mol. The van der Waals surface area contributed by atoms with Gasteiger partial charge in [0.1, 0.15) is 5.58 Å². The minimum atomic E-state index is -0.739. The van der Waals surface area contributed by atoms with Crippen molar-refractivity contribution in [3.05, 3.63) is 93.3 Å². The molecule has 5 nitrogen and oxygen atoms in total. The summed E-state index contributed by atoms with van der Waals surface area (Å²) < 4.78 is 16.6. The van der Waals surface area contributed by atoms with Gasteiger partial charge < -0.3 is 13.6 Å². The van der Waals surface area contributed by atoms with Crippen LogP contribution in [0, 0.1) is 6.92 Å². The van der Waals surface area contributed by atoms with Crippen molar-refractivity contribution >= 4 is 34.6 Å². The molecule has 2 heterocycles. The van der Waals surface area contributed by atoms with Gasteiger partial charge in [-0.2, -0.15) is 0 Å². The van der Waals surface area contributed by atoms with Crippen LogP contribution in [-0.4, -0.2) is 5.97 Å². The zero-order valence-corrected chi connectivity index (χ0v) is 16.1. The molecule has 0 saturated heterocycles. The number of hydrogen-bond donors (Lipinski definition) is 0.